The molecule has 1 unspecified atom stereocenters. The van der Waals surface area contributed by atoms with Gasteiger partial charge in [-0.1, -0.05) is 37.3 Å². The maximum absolute atomic E-state index is 3.34. The number of aromatic amines is 1. The van der Waals surface area contributed by atoms with E-state index in [1.807, 2.05) is 7.05 Å². The molecule has 0 saturated heterocycles. The second-order valence-electron chi connectivity index (χ2n) is 4.30. The van der Waals surface area contributed by atoms with E-state index in [1.165, 1.54) is 16.5 Å². The van der Waals surface area contributed by atoms with Gasteiger partial charge in [0.1, 0.15) is 0 Å². The van der Waals surface area contributed by atoms with Crippen molar-refractivity contribution in [3.63, 3.8) is 0 Å². The highest BCUT2D eigenvalue weighted by molar-refractivity contribution is 5.83. The number of aromatic nitrogens is 1. The number of likely N-dealkylation sites (N-methyl/N-ethyl adjacent to an activating group) is 1. The number of fused-ring (bicyclic) bond motifs is 1. The summed E-state index contributed by atoms with van der Waals surface area (Å²) in [4.78, 5) is 3.32. The highest BCUT2D eigenvalue weighted by atomic mass is 14.9. The Hall–Kier alpha value is -1.54. The molecule has 2 rings (SSSR count). The van der Waals surface area contributed by atoms with Gasteiger partial charge >= 0.3 is 0 Å². The number of hydrogen-bond donors (Lipinski definition) is 2. The molecule has 0 radical (unpaired) electrons. The molecule has 0 aliphatic carbocycles. The van der Waals surface area contributed by atoms with Crippen molar-refractivity contribution in [3.05, 3.63) is 48.2 Å². The van der Waals surface area contributed by atoms with Gasteiger partial charge in [-0.05, 0) is 31.5 Å². The van der Waals surface area contributed by atoms with Crippen LogP contribution in [-0.4, -0.2) is 18.1 Å². The standard InChI is InChI=1S/C15H20N2/c1-3-4-7-13(16-2)10-12-11-17-15-9-6-5-8-14(12)15/h4-9,11,13,16-17H,3,10H2,1-2H3/b7-4+. The summed E-state index contributed by atoms with van der Waals surface area (Å²) in [6.07, 6.45) is 8.70. The monoisotopic (exact) mass is 228 g/mol. The number of hydrogen-bond acceptors (Lipinski definition) is 1. The molecular formula is C15H20N2. The first-order chi connectivity index (χ1) is 8.35. The van der Waals surface area contributed by atoms with Crippen LogP contribution in [0.5, 0.6) is 0 Å². The van der Waals surface area contributed by atoms with Gasteiger partial charge in [0.25, 0.3) is 0 Å². The fraction of sp³-hybridized carbons (Fsp3) is 0.333. The topological polar surface area (TPSA) is 27.8 Å². The Morgan fingerprint density at radius 1 is 1.35 bits per heavy atom. The van der Waals surface area contributed by atoms with E-state index in [2.05, 4.69) is 59.8 Å². The first kappa shape index (κ1) is 11.9. The van der Waals surface area contributed by atoms with Crippen LogP contribution < -0.4 is 5.32 Å². The molecule has 0 bridgehead atoms. The molecule has 0 saturated carbocycles. The van der Waals surface area contributed by atoms with Crippen molar-refractivity contribution in [3.8, 4) is 0 Å². The lowest BCUT2D eigenvalue weighted by Crippen LogP contribution is -2.24. The summed E-state index contributed by atoms with van der Waals surface area (Å²) in [7, 11) is 2.01. The first-order valence-electron chi connectivity index (χ1n) is 6.24. The molecule has 1 heterocycles. The fourth-order valence-corrected chi connectivity index (χ4v) is 2.10. The van der Waals surface area contributed by atoms with Crippen LogP contribution in [0.3, 0.4) is 0 Å². The number of nitrogens with one attached hydrogen (secondary N) is 2. The van der Waals surface area contributed by atoms with Gasteiger partial charge in [0, 0.05) is 23.1 Å². The molecule has 2 nitrogen and oxygen atoms in total. The first-order valence-corrected chi connectivity index (χ1v) is 6.24. The molecule has 0 aliphatic heterocycles. The van der Waals surface area contributed by atoms with Crippen LogP contribution in [0.15, 0.2) is 42.6 Å². The molecule has 90 valence electrons. The van der Waals surface area contributed by atoms with Gasteiger partial charge in [0.2, 0.25) is 0 Å². The van der Waals surface area contributed by atoms with Gasteiger partial charge in [-0.15, -0.1) is 0 Å². The van der Waals surface area contributed by atoms with Crippen molar-refractivity contribution in [2.24, 2.45) is 0 Å². The van der Waals surface area contributed by atoms with Gasteiger partial charge in [0.15, 0.2) is 0 Å². The lowest BCUT2D eigenvalue weighted by atomic mass is 10.0. The van der Waals surface area contributed by atoms with Crippen LogP contribution >= 0.6 is 0 Å². The second kappa shape index (κ2) is 5.69. The quantitative estimate of drug-likeness (QED) is 0.755. The Bertz CT molecular complexity index is 496. The molecule has 2 aromatic rings. The summed E-state index contributed by atoms with van der Waals surface area (Å²) < 4.78 is 0. The summed E-state index contributed by atoms with van der Waals surface area (Å²) in [5.41, 5.74) is 2.59. The predicted octanol–water partition coefficient (Wildman–Crippen LogP) is 3.26. The summed E-state index contributed by atoms with van der Waals surface area (Å²) in [6.45, 7) is 2.16. The van der Waals surface area contributed by atoms with Crippen LogP contribution in [0.4, 0.5) is 0 Å². The Morgan fingerprint density at radius 2 is 2.18 bits per heavy atom. The van der Waals surface area contributed by atoms with Crippen molar-refractivity contribution < 1.29 is 0 Å². The summed E-state index contributed by atoms with van der Waals surface area (Å²) in [5, 5.41) is 4.67. The van der Waals surface area contributed by atoms with Crippen molar-refractivity contribution >= 4 is 10.9 Å². The van der Waals surface area contributed by atoms with E-state index >= 15 is 0 Å². The van der Waals surface area contributed by atoms with Crippen LogP contribution in [0, 0.1) is 0 Å². The van der Waals surface area contributed by atoms with Crippen LogP contribution in [0.2, 0.25) is 0 Å². The average Bonchev–Trinajstić information content (AvgIpc) is 2.78. The molecule has 0 amide bonds. The fourth-order valence-electron chi connectivity index (χ4n) is 2.10. The van der Waals surface area contributed by atoms with E-state index < -0.39 is 0 Å². The van der Waals surface area contributed by atoms with Gasteiger partial charge in [-0.3, -0.25) is 0 Å². The van der Waals surface area contributed by atoms with Crippen LogP contribution in [0.1, 0.15) is 18.9 Å². The Labute approximate surface area is 103 Å². The van der Waals surface area contributed by atoms with Crippen molar-refractivity contribution in [2.45, 2.75) is 25.8 Å². The zero-order valence-electron chi connectivity index (χ0n) is 10.5. The number of benzene rings is 1. The minimum absolute atomic E-state index is 0.411. The third kappa shape index (κ3) is 2.77. The minimum atomic E-state index is 0.411. The molecule has 2 N–H and O–H groups in total. The molecule has 1 atom stereocenters. The van der Waals surface area contributed by atoms with Gasteiger partial charge < -0.3 is 10.3 Å². The van der Waals surface area contributed by atoms with Crippen LogP contribution in [-0.2, 0) is 6.42 Å². The molecule has 1 aromatic heterocycles. The summed E-state index contributed by atoms with van der Waals surface area (Å²) >= 11 is 0. The molecule has 0 fully saturated rings. The van der Waals surface area contributed by atoms with Crippen LogP contribution in [0.25, 0.3) is 10.9 Å². The molecule has 2 heteroatoms. The van der Waals surface area contributed by atoms with E-state index in [-0.39, 0.29) is 0 Å². The summed E-state index contributed by atoms with van der Waals surface area (Å²) in [5.74, 6) is 0. The number of rotatable bonds is 5. The number of allylic oxidation sites excluding steroid dienone is 1. The normalized spacial score (nSPS) is 13.5. The smallest absolute Gasteiger partial charge is 0.0456 e. The number of H-pyrrole nitrogens is 1. The van der Waals surface area contributed by atoms with E-state index in [0.29, 0.717) is 6.04 Å². The molecule has 0 spiro atoms. The Balaban J connectivity index is 2.19. The zero-order chi connectivity index (χ0) is 12.1. The van der Waals surface area contributed by atoms with E-state index in [4.69, 9.17) is 0 Å². The average molecular weight is 228 g/mol. The summed E-state index contributed by atoms with van der Waals surface area (Å²) in [6, 6.07) is 8.87. The lowest BCUT2D eigenvalue weighted by molar-refractivity contribution is 0.664. The SMILES string of the molecule is CC/C=C/C(Cc1c[nH]c2ccccc12)NC. The third-order valence-corrected chi connectivity index (χ3v) is 3.09. The molecular weight excluding hydrogens is 208 g/mol. The predicted molar refractivity (Wildman–Crippen MR) is 74.3 cm³/mol. The van der Waals surface area contributed by atoms with Gasteiger partial charge in [-0.2, -0.15) is 0 Å². The van der Waals surface area contributed by atoms with E-state index in [1.54, 1.807) is 0 Å². The molecule has 0 aliphatic rings. The maximum atomic E-state index is 3.34. The highest BCUT2D eigenvalue weighted by Gasteiger charge is 2.07. The Kier molecular flexibility index (Phi) is 3.99. The largest absolute Gasteiger partial charge is 0.361 e. The van der Waals surface area contributed by atoms with E-state index in [0.717, 1.165) is 12.8 Å². The van der Waals surface area contributed by atoms with Gasteiger partial charge in [0.05, 0.1) is 0 Å². The molecule has 1 aromatic carbocycles. The number of para-hydroxylation sites is 1. The van der Waals surface area contributed by atoms with Gasteiger partial charge in [-0.25, -0.2) is 0 Å². The zero-order valence-corrected chi connectivity index (χ0v) is 10.5. The highest BCUT2D eigenvalue weighted by Crippen LogP contribution is 2.19. The Morgan fingerprint density at radius 3 is 2.94 bits per heavy atom. The van der Waals surface area contributed by atoms with Crippen molar-refractivity contribution in [2.75, 3.05) is 7.05 Å². The van der Waals surface area contributed by atoms with Crippen molar-refractivity contribution in [1.82, 2.24) is 10.3 Å². The lowest BCUT2D eigenvalue weighted by Gasteiger charge is -2.10. The maximum Gasteiger partial charge on any atom is 0.0456 e. The molecule has 17 heavy (non-hydrogen) atoms. The third-order valence-electron chi connectivity index (χ3n) is 3.09. The van der Waals surface area contributed by atoms with Crippen molar-refractivity contribution in [1.29, 1.82) is 0 Å². The minimum Gasteiger partial charge on any atom is -0.361 e. The van der Waals surface area contributed by atoms with E-state index in [9.17, 15) is 0 Å². The second-order valence-corrected chi connectivity index (χ2v) is 4.30.